The van der Waals surface area contributed by atoms with Crippen LogP contribution in [0.2, 0.25) is 0 Å². The van der Waals surface area contributed by atoms with E-state index in [1.165, 1.54) is 13.2 Å². The summed E-state index contributed by atoms with van der Waals surface area (Å²) >= 11 is 0. The molecule has 5 aromatic rings. The highest BCUT2D eigenvalue weighted by Crippen LogP contribution is 2.49. The molecule has 1 amide bonds. The smallest absolute Gasteiger partial charge is 0.416 e. The number of aromatic hydroxyl groups is 1. The monoisotopic (exact) mass is 808 g/mol. The zero-order valence-electron chi connectivity index (χ0n) is 32.2. The second-order valence-electron chi connectivity index (χ2n) is 15.0. The molecule has 3 aromatic carbocycles. The maximum Gasteiger partial charge on any atom is 0.416 e. The van der Waals surface area contributed by atoms with Crippen LogP contribution < -0.4 is 41.3 Å². The third kappa shape index (κ3) is 8.94. The first kappa shape index (κ1) is 40.6. The number of piperidine rings is 1. The summed E-state index contributed by atoms with van der Waals surface area (Å²) in [6, 6.07) is 13.3. The van der Waals surface area contributed by atoms with E-state index in [1.54, 1.807) is 50.2 Å². The molecular formula is C40H47F3N8O7. The van der Waals surface area contributed by atoms with Crippen LogP contribution in [0.1, 0.15) is 62.0 Å². The number of nitrogen functional groups attached to an aromatic ring is 1. The predicted molar refractivity (Wildman–Crippen MR) is 210 cm³/mol. The van der Waals surface area contributed by atoms with Crippen molar-refractivity contribution in [3.05, 3.63) is 71.5 Å². The van der Waals surface area contributed by atoms with Gasteiger partial charge >= 0.3 is 6.18 Å². The molecular weight excluding hydrogens is 761 g/mol. The second kappa shape index (κ2) is 16.4. The van der Waals surface area contributed by atoms with E-state index in [0.29, 0.717) is 82.8 Å². The number of nitrogens with zero attached hydrogens (tertiary/aromatic N) is 3. The van der Waals surface area contributed by atoms with Gasteiger partial charge < -0.3 is 51.3 Å². The van der Waals surface area contributed by atoms with Gasteiger partial charge in [-0.2, -0.15) is 13.2 Å². The van der Waals surface area contributed by atoms with Gasteiger partial charge in [-0.25, -0.2) is 9.97 Å². The van der Waals surface area contributed by atoms with Gasteiger partial charge in [0, 0.05) is 33.3 Å². The minimum Gasteiger partial charge on any atom is -0.493 e. The number of halogens is 3. The maximum atomic E-state index is 13.5. The fourth-order valence-electron chi connectivity index (χ4n) is 7.16. The number of methoxy groups -OCH3 is 1. The predicted octanol–water partition coefficient (Wildman–Crippen LogP) is 4.98. The third-order valence-corrected chi connectivity index (χ3v) is 10.6. The number of carbonyl (C=O) groups excluding carboxylic acids is 1. The maximum absolute atomic E-state index is 13.5. The average molecular weight is 809 g/mol. The van der Waals surface area contributed by atoms with E-state index >= 15 is 0 Å². The number of fused-ring (bicyclic) bond motifs is 2. The van der Waals surface area contributed by atoms with Crippen LogP contribution in [-0.2, 0) is 11.0 Å². The van der Waals surface area contributed by atoms with E-state index in [1.807, 2.05) is 0 Å². The molecule has 58 heavy (non-hydrogen) atoms. The number of carbonyl (C=O) groups is 1. The molecule has 3 unspecified atom stereocenters. The number of aliphatic hydroxyl groups excluding tert-OH is 2. The molecule has 1 saturated carbocycles. The van der Waals surface area contributed by atoms with Crippen LogP contribution in [0, 0.1) is 12.3 Å². The zero-order valence-corrected chi connectivity index (χ0v) is 32.2. The summed E-state index contributed by atoms with van der Waals surface area (Å²) in [6.07, 6.45) is -4.23. The summed E-state index contributed by atoms with van der Waals surface area (Å²) in [5, 5.41) is 44.7. The van der Waals surface area contributed by atoms with Gasteiger partial charge in [0.2, 0.25) is 11.8 Å². The lowest BCUT2D eigenvalue weighted by Gasteiger charge is -2.32. The molecule has 15 nitrogen and oxygen atoms in total. The standard InChI is InChI=1S/C40H47F3N8O7/c1-21(23-14-24(40(41,42)43)16-25(44)15-23)46-35-28-17-32(31(56-3)18-29(28)47-22(2)48-35)57-20-39(10-11-39)12-13-45-19-34(53)49-36-26-6-4-5-7-27(26)38(55)51(36)58-30-8-9-33(52)50-37(30)54/h4-7,14-18,21,30,33,37,45,50,52,54-55H,8-13,19-20,44H2,1-3H3,(H,49,53)(H,46,47,48)/t21-,30?,33?,37?/m1/s1. The van der Waals surface area contributed by atoms with E-state index < -0.39 is 36.3 Å². The first-order valence-electron chi connectivity index (χ1n) is 19.0. The molecule has 3 heterocycles. The first-order chi connectivity index (χ1) is 27.6. The van der Waals surface area contributed by atoms with Gasteiger partial charge in [0.1, 0.15) is 24.1 Å². The van der Waals surface area contributed by atoms with Crippen LogP contribution >= 0.6 is 0 Å². The van der Waals surface area contributed by atoms with Crippen LogP contribution in [0.15, 0.2) is 54.6 Å². The molecule has 1 saturated heterocycles. The summed E-state index contributed by atoms with van der Waals surface area (Å²) in [6.45, 7) is 4.29. The number of amides is 1. The Bertz CT molecular complexity index is 2300. The van der Waals surface area contributed by atoms with Crippen molar-refractivity contribution in [3.63, 3.8) is 0 Å². The number of aliphatic hydroxyl groups is 2. The van der Waals surface area contributed by atoms with Crippen molar-refractivity contribution < 1.29 is 47.6 Å². The van der Waals surface area contributed by atoms with Crippen molar-refractivity contribution in [1.82, 2.24) is 25.3 Å². The largest absolute Gasteiger partial charge is 0.493 e. The highest BCUT2D eigenvalue weighted by atomic mass is 19.4. The Hall–Kier alpha value is -5.56. The summed E-state index contributed by atoms with van der Waals surface area (Å²) in [5.74, 6) is 1.37. The van der Waals surface area contributed by atoms with E-state index in [4.69, 9.17) is 20.0 Å². The van der Waals surface area contributed by atoms with Crippen LogP contribution in [0.25, 0.3) is 21.7 Å². The Labute approximate surface area is 331 Å². The van der Waals surface area contributed by atoms with Gasteiger partial charge in [-0.05, 0) is 88.4 Å². The molecule has 7 rings (SSSR count). The minimum atomic E-state index is -4.55. The summed E-state index contributed by atoms with van der Waals surface area (Å²) < 4.78 is 53.7. The van der Waals surface area contributed by atoms with Crippen LogP contribution in [0.3, 0.4) is 0 Å². The third-order valence-electron chi connectivity index (χ3n) is 10.6. The van der Waals surface area contributed by atoms with E-state index in [0.717, 1.165) is 29.7 Å². The summed E-state index contributed by atoms with van der Waals surface area (Å²) in [4.78, 5) is 28.3. The summed E-state index contributed by atoms with van der Waals surface area (Å²) in [5.41, 5.74) is 5.76. The second-order valence-corrected chi connectivity index (χ2v) is 15.0. The fourth-order valence-corrected chi connectivity index (χ4v) is 7.16. The Balaban J connectivity index is 0.980. The number of hydrogen-bond acceptors (Lipinski definition) is 13. The van der Waals surface area contributed by atoms with Crippen molar-refractivity contribution in [2.75, 3.05) is 43.2 Å². The average Bonchev–Trinajstić information content (AvgIpc) is 3.91. The quantitative estimate of drug-likeness (QED) is 0.0519. The molecule has 1 aliphatic carbocycles. The zero-order chi connectivity index (χ0) is 41.4. The topological polar surface area (TPSA) is 210 Å². The fraction of sp³-hybridized carbons (Fsp3) is 0.425. The lowest BCUT2D eigenvalue weighted by Crippen LogP contribution is -2.53. The molecule has 310 valence electrons. The van der Waals surface area contributed by atoms with Crippen molar-refractivity contribution in [3.8, 4) is 17.4 Å². The number of aryl methyl sites for hydroxylation is 1. The van der Waals surface area contributed by atoms with E-state index in [9.17, 15) is 33.3 Å². The van der Waals surface area contributed by atoms with Crippen LogP contribution in [0.5, 0.6) is 17.4 Å². The van der Waals surface area contributed by atoms with Gasteiger partial charge in [0.15, 0.2) is 23.4 Å². The Morgan fingerprint density at radius 2 is 1.83 bits per heavy atom. The van der Waals surface area contributed by atoms with Crippen molar-refractivity contribution >= 4 is 44.9 Å². The first-order valence-corrected chi connectivity index (χ1v) is 19.0. The molecule has 1 aliphatic heterocycles. The number of rotatable bonds is 15. The highest BCUT2D eigenvalue weighted by Gasteiger charge is 2.43. The lowest BCUT2D eigenvalue weighted by atomic mass is 10.0. The van der Waals surface area contributed by atoms with Gasteiger partial charge in [-0.3, -0.25) is 10.1 Å². The Morgan fingerprint density at radius 1 is 1.07 bits per heavy atom. The molecule has 4 atom stereocenters. The Morgan fingerprint density at radius 3 is 2.53 bits per heavy atom. The normalized spacial score (nSPS) is 19.5. The van der Waals surface area contributed by atoms with Gasteiger partial charge in [-0.1, -0.05) is 18.2 Å². The highest BCUT2D eigenvalue weighted by molar-refractivity contribution is 6.04. The SMILES string of the molecule is COc1cc2nc(C)nc(N[C@H](C)c3cc(N)cc(C(F)(F)F)c3)c2cc1OCC1(CCNCC(=O)Nc2c3ccccc3c(O)n2OC2CCC(O)NC2O)CC1. The summed E-state index contributed by atoms with van der Waals surface area (Å²) in [7, 11) is 1.53. The van der Waals surface area contributed by atoms with Crippen molar-refractivity contribution in [1.29, 1.82) is 0 Å². The number of benzene rings is 3. The molecule has 2 aliphatic rings. The Kier molecular flexibility index (Phi) is 11.5. The number of aromatic nitrogens is 3. The van der Waals surface area contributed by atoms with Crippen LogP contribution in [-0.4, -0.2) is 81.3 Å². The number of nitrogens with two attached hydrogens (primary N) is 1. The number of alkyl halides is 3. The van der Waals surface area contributed by atoms with Crippen molar-refractivity contribution in [2.45, 2.75) is 76.7 Å². The minimum absolute atomic E-state index is 0.000505. The lowest BCUT2D eigenvalue weighted by molar-refractivity contribution is -0.137. The van der Waals surface area contributed by atoms with Crippen molar-refractivity contribution in [2.24, 2.45) is 5.41 Å². The number of anilines is 3. The molecule has 18 heteroatoms. The molecule has 9 N–H and O–H groups in total. The number of hydrogen-bond donors (Lipinski definition) is 8. The van der Waals surface area contributed by atoms with E-state index in [2.05, 4.69) is 31.2 Å². The number of nitrogens with one attached hydrogen (secondary N) is 4. The van der Waals surface area contributed by atoms with Gasteiger partial charge in [-0.15, -0.1) is 4.73 Å². The molecule has 2 aromatic heterocycles. The van der Waals surface area contributed by atoms with E-state index in [-0.39, 0.29) is 35.3 Å². The molecule has 2 fully saturated rings. The number of ether oxygens (including phenoxy) is 2. The molecule has 0 bridgehead atoms. The van der Waals surface area contributed by atoms with Gasteiger partial charge in [0.25, 0.3) is 0 Å². The van der Waals surface area contributed by atoms with Crippen LogP contribution in [0.4, 0.5) is 30.5 Å². The molecule has 0 radical (unpaired) electrons. The van der Waals surface area contributed by atoms with Gasteiger partial charge in [0.05, 0.1) is 37.4 Å². The molecule has 0 spiro atoms.